The fourth-order valence-electron chi connectivity index (χ4n) is 6.43. The predicted octanol–water partition coefficient (Wildman–Crippen LogP) is 2.06. The first kappa shape index (κ1) is 19.0. The van der Waals surface area contributed by atoms with Crippen LogP contribution in [0.25, 0.3) is 11.3 Å². The second-order valence-corrected chi connectivity index (χ2v) is 9.69. The van der Waals surface area contributed by atoms with Crippen LogP contribution in [0, 0.1) is 11.3 Å². The molecule has 3 fully saturated rings. The zero-order chi connectivity index (χ0) is 21.2. The molecule has 31 heavy (non-hydrogen) atoms. The lowest BCUT2D eigenvalue weighted by molar-refractivity contribution is -0.165. The molecule has 1 spiro atoms. The van der Waals surface area contributed by atoms with Crippen molar-refractivity contribution >= 4 is 11.8 Å². The minimum absolute atomic E-state index is 0.0447. The molecule has 2 aromatic rings. The van der Waals surface area contributed by atoms with E-state index in [0.717, 1.165) is 31.4 Å². The molecule has 3 aliphatic heterocycles. The van der Waals surface area contributed by atoms with Crippen LogP contribution in [-0.2, 0) is 9.59 Å². The molecule has 3 atom stereocenters. The highest BCUT2D eigenvalue weighted by atomic mass is 16.3. The summed E-state index contributed by atoms with van der Waals surface area (Å²) in [5, 5.41) is 11.3. The van der Waals surface area contributed by atoms with E-state index in [0.29, 0.717) is 26.1 Å². The van der Waals surface area contributed by atoms with E-state index in [9.17, 15) is 14.7 Å². The lowest BCUT2D eigenvalue weighted by Gasteiger charge is -2.58. The van der Waals surface area contributed by atoms with Gasteiger partial charge in [-0.1, -0.05) is 24.3 Å². The molecule has 7 heteroatoms. The molecule has 6 rings (SSSR count). The number of hydrogen-bond acceptors (Lipinski definition) is 4. The average molecular weight is 421 g/mol. The first-order valence-electron chi connectivity index (χ1n) is 11.4. The van der Waals surface area contributed by atoms with Gasteiger partial charge in [-0.15, -0.1) is 0 Å². The molecular weight excluding hydrogens is 392 g/mol. The van der Waals surface area contributed by atoms with Gasteiger partial charge in [-0.2, -0.15) is 0 Å². The van der Waals surface area contributed by atoms with Gasteiger partial charge in [0.2, 0.25) is 11.8 Å². The van der Waals surface area contributed by atoms with E-state index in [1.54, 1.807) is 4.90 Å². The van der Waals surface area contributed by atoms with Gasteiger partial charge in [0, 0.05) is 43.0 Å². The van der Waals surface area contributed by atoms with E-state index < -0.39 is 0 Å². The number of aromatic nitrogens is 2. The first-order chi connectivity index (χ1) is 15.1. The third-order valence-electron chi connectivity index (χ3n) is 8.21. The van der Waals surface area contributed by atoms with Gasteiger partial charge in [0.15, 0.2) is 0 Å². The van der Waals surface area contributed by atoms with Crippen LogP contribution in [0.15, 0.2) is 36.8 Å². The number of carbonyl (C=O) groups is 2. The molecule has 0 bridgehead atoms. The number of aliphatic hydroxyl groups excluding tert-OH is 1. The molecule has 1 N–H and O–H groups in total. The maximum atomic E-state index is 12.7. The SMILES string of the molecule is O=C(CN1CCCC1=O)N1CCC2(CC1)C[C@@H](C1c3ccccc3-c3cncn31)[C@H]2O. The Morgan fingerprint density at radius 1 is 1.19 bits per heavy atom. The Balaban J connectivity index is 1.13. The monoisotopic (exact) mass is 420 g/mol. The summed E-state index contributed by atoms with van der Waals surface area (Å²) in [6.45, 7) is 2.24. The van der Waals surface area contributed by atoms with Crippen molar-refractivity contribution in [3.8, 4) is 11.3 Å². The van der Waals surface area contributed by atoms with E-state index in [2.05, 4.69) is 33.8 Å². The maximum absolute atomic E-state index is 12.7. The van der Waals surface area contributed by atoms with Crippen molar-refractivity contribution in [2.24, 2.45) is 11.3 Å². The van der Waals surface area contributed by atoms with Crippen LogP contribution in [0.2, 0.25) is 0 Å². The second kappa shape index (κ2) is 6.92. The minimum atomic E-state index is -0.378. The Labute approximate surface area is 181 Å². The number of nitrogens with zero attached hydrogens (tertiary/aromatic N) is 4. The summed E-state index contributed by atoms with van der Waals surface area (Å²) in [7, 11) is 0. The highest BCUT2D eigenvalue weighted by Gasteiger charge is 2.58. The molecular formula is C24H28N4O3. The molecule has 4 aliphatic rings. The number of hydrogen-bond donors (Lipinski definition) is 1. The number of fused-ring (bicyclic) bond motifs is 3. The summed E-state index contributed by atoms with van der Waals surface area (Å²) in [4.78, 5) is 32.4. The third-order valence-corrected chi connectivity index (χ3v) is 8.21. The molecule has 2 saturated heterocycles. The van der Waals surface area contributed by atoms with E-state index >= 15 is 0 Å². The molecule has 162 valence electrons. The van der Waals surface area contributed by atoms with Crippen LogP contribution in [0.4, 0.5) is 0 Å². The molecule has 1 aromatic carbocycles. The summed E-state index contributed by atoms with van der Waals surface area (Å²) in [5.74, 6) is 0.305. The van der Waals surface area contributed by atoms with E-state index in [1.807, 2.05) is 17.4 Å². The largest absolute Gasteiger partial charge is 0.392 e. The van der Waals surface area contributed by atoms with Crippen molar-refractivity contribution in [1.82, 2.24) is 19.4 Å². The van der Waals surface area contributed by atoms with Crippen LogP contribution < -0.4 is 0 Å². The summed E-state index contributed by atoms with van der Waals surface area (Å²) >= 11 is 0. The van der Waals surface area contributed by atoms with Crippen molar-refractivity contribution in [2.45, 2.75) is 44.2 Å². The average Bonchev–Trinajstić information content (AvgIpc) is 3.49. The number of benzene rings is 1. The molecule has 1 aromatic heterocycles. The number of amides is 2. The summed E-state index contributed by atoms with van der Waals surface area (Å²) in [6.07, 6.45) is 7.46. The van der Waals surface area contributed by atoms with Crippen molar-refractivity contribution in [1.29, 1.82) is 0 Å². The first-order valence-corrected chi connectivity index (χ1v) is 11.4. The van der Waals surface area contributed by atoms with Crippen LogP contribution in [0.1, 0.15) is 43.7 Å². The number of imidazole rings is 1. The van der Waals surface area contributed by atoms with Gasteiger partial charge in [-0.05, 0) is 31.2 Å². The van der Waals surface area contributed by atoms with E-state index in [4.69, 9.17) is 0 Å². The fraction of sp³-hybridized carbons (Fsp3) is 0.542. The van der Waals surface area contributed by atoms with Crippen LogP contribution in [0.5, 0.6) is 0 Å². The normalized spacial score (nSPS) is 28.5. The fourth-order valence-corrected chi connectivity index (χ4v) is 6.43. The van der Waals surface area contributed by atoms with Crippen LogP contribution in [0.3, 0.4) is 0 Å². The number of rotatable bonds is 3. The lowest BCUT2D eigenvalue weighted by Crippen LogP contribution is -2.60. The highest BCUT2D eigenvalue weighted by molar-refractivity contribution is 5.86. The van der Waals surface area contributed by atoms with Crippen molar-refractivity contribution in [3.05, 3.63) is 42.4 Å². The Kier molecular flexibility index (Phi) is 4.25. The zero-order valence-electron chi connectivity index (χ0n) is 17.6. The Bertz CT molecular complexity index is 1040. The number of likely N-dealkylation sites (tertiary alicyclic amines) is 2. The van der Waals surface area contributed by atoms with Gasteiger partial charge in [0.25, 0.3) is 0 Å². The Morgan fingerprint density at radius 3 is 2.74 bits per heavy atom. The Hall–Kier alpha value is -2.67. The molecule has 4 heterocycles. The van der Waals surface area contributed by atoms with Crippen molar-refractivity contribution in [3.63, 3.8) is 0 Å². The maximum Gasteiger partial charge on any atom is 0.242 e. The van der Waals surface area contributed by atoms with Gasteiger partial charge in [-0.3, -0.25) is 9.59 Å². The number of piperidine rings is 1. The van der Waals surface area contributed by atoms with Gasteiger partial charge >= 0.3 is 0 Å². The topological polar surface area (TPSA) is 78.7 Å². The smallest absolute Gasteiger partial charge is 0.242 e. The van der Waals surface area contributed by atoms with Crippen LogP contribution in [-0.4, -0.2) is 68.6 Å². The Morgan fingerprint density at radius 2 is 2.00 bits per heavy atom. The number of carbonyl (C=O) groups excluding carboxylic acids is 2. The van der Waals surface area contributed by atoms with Gasteiger partial charge in [0.05, 0.1) is 36.9 Å². The van der Waals surface area contributed by atoms with Gasteiger partial charge < -0.3 is 19.5 Å². The molecule has 1 unspecified atom stereocenters. The summed E-state index contributed by atoms with van der Waals surface area (Å²) in [5.41, 5.74) is 3.53. The lowest BCUT2D eigenvalue weighted by atomic mass is 9.53. The second-order valence-electron chi connectivity index (χ2n) is 9.69. The van der Waals surface area contributed by atoms with Gasteiger partial charge in [-0.25, -0.2) is 4.98 Å². The predicted molar refractivity (Wildman–Crippen MR) is 114 cm³/mol. The molecule has 0 radical (unpaired) electrons. The molecule has 1 saturated carbocycles. The molecule has 1 aliphatic carbocycles. The van der Waals surface area contributed by atoms with E-state index in [-0.39, 0.29) is 41.8 Å². The quantitative estimate of drug-likeness (QED) is 0.825. The van der Waals surface area contributed by atoms with Gasteiger partial charge in [0.1, 0.15) is 0 Å². The van der Waals surface area contributed by atoms with Crippen LogP contribution >= 0.6 is 0 Å². The standard InChI is InChI=1S/C24H28N4O3/c29-20-6-3-9-27(20)14-21(30)26-10-7-24(8-11-26)12-18(23(24)31)22-17-5-2-1-4-16(17)19-13-25-15-28(19)22/h1-2,4-5,13,15,18,22-23,31H,3,6-12,14H2/t18-,22?,23+/m0/s1. The van der Waals surface area contributed by atoms with Crippen molar-refractivity contribution < 1.29 is 14.7 Å². The highest BCUT2D eigenvalue weighted by Crippen LogP contribution is 2.59. The molecule has 7 nitrogen and oxygen atoms in total. The minimum Gasteiger partial charge on any atom is -0.392 e. The summed E-state index contributed by atoms with van der Waals surface area (Å²) < 4.78 is 2.22. The van der Waals surface area contributed by atoms with E-state index in [1.165, 1.54) is 11.1 Å². The third kappa shape index (κ3) is 2.79. The van der Waals surface area contributed by atoms with Crippen molar-refractivity contribution in [2.75, 3.05) is 26.2 Å². The number of aliphatic hydroxyl groups is 1. The summed E-state index contributed by atoms with van der Waals surface area (Å²) in [6, 6.07) is 8.57. The molecule has 2 amide bonds. The zero-order valence-corrected chi connectivity index (χ0v) is 17.6.